The summed E-state index contributed by atoms with van der Waals surface area (Å²) in [7, 11) is 0. The molecule has 0 N–H and O–H groups in total. The van der Waals surface area contributed by atoms with Crippen molar-refractivity contribution in [3.63, 3.8) is 0 Å². The number of aromatic nitrogens is 4. The Bertz CT molecular complexity index is 3420. The summed E-state index contributed by atoms with van der Waals surface area (Å²) in [6.45, 7) is 20.4. The summed E-state index contributed by atoms with van der Waals surface area (Å²) in [5.41, 5.74) is 16.3. The van der Waals surface area contributed by atoms with Crippen molar-refractivity contribution in [2.24, 2.45) is 0 Å². The Balaban J connectivity index is 0.00000578. The second kappa shape index (κ2) is 18.0. The van der Waals surface area contributed by atoms with Gasteiger partial charge in [-0.25, -0.2) is 4.98 Å². The van der Waals surface area contributed by atoms with Crippen LogP contribution in [0.25, 0.3) is 78.2 Å². The number of hydrogen-bond donors (Lipinski definition) is 0. The molecule has 0 atom stereocenters. The van der Waals surface area contributed by atoms with Gasteiger partial charge in [-0.05, 0) is 81.0 Å². The van der Waals surface area contributed by atoms with Crippen LogP contribution in [0.1, 0.15) is 79.0 Å². The average molecular weight is 1070 g/mol. The molecule has 0 spiro atoms. The second-order valence-corrected chi connectivity index (χ2v) is 20.6. The topological polar surface area (TPSA) is 44.9 Å². The number of ether oxygens (including phenoxy) is 1. The van der Waals surface area contributed by atoms with Crippen LogP contribution in [0.15, 0.2) is 176 Å². The Labute approximate surface area is 415 Å². The van der Waals surface area contributed by atoms with E-state index in [0.717, 1.165) is 83.8 Å². The number of fused-ring (bicyclic) bond motifs is 2. The molecule has 0 radical (unpaired) electrons. The molecule has 340 valence electrons. The van der Waals surface area contributed by atoms with Crippen LogP contribution in [0.3, 0.4) is 0 Å². The summed E-state index contributed by atoms with van der Waals surface area (Å²) in [5, 5.41) is 0. The fraction of sp³-hybridized carbons (Fsp3) is 0.194. The summed E-state index contributed by atoms with van der Waals surface area (Å²) in [5.74, 6) is 1.41. The van der Waals surface area contributed by atoms with E-state index in [9.17, 15) is 0 Å². The molecule has 0 unspecified atom stereocenters. The van der Waals surface area contributed by atoms with Crippen molar-refractivity contribution in [1.29, 1.82) is 0 Å². The first kappa shape index (κ1) is 46.3. The van der Waals surface area contributed by atoms with E-state index in [4.69, 9.17) is 14.7 Å². The van der Waals surface area contributed by atoms with Gasteiger partial charge in [0.2, 0.25) is 0 Å². The summed E-state index contributed by atoms with van der Waals surface area (Å²) < 4.78 is 11.2. The Kier molecular flexibility index (Phi) is 12.3. The standard InChI is InChI=1S/C62H56N4O.Pt/c1-60(2,3)45-32-34-53(50(39-45)41-22-13-10-14-23-41)65-55-30-20-19-29-52(55)63-58(65)44-36-43(37-47(38-44)62(7,8)9)49-28-21-31-56-57(49)64-59(67-48-26-17-12-18-27-48)66(56)54-35-33-46(61(4,5)6)40-51(54)42-24-15-11-16-25-42;/h10-26,28-35,37-40H,1-9H3;/q-2;+2. The summed E-state index contributed by atoms with van der Waals surface area (Å²) in [6.07, 6.45) is 0. The number of nitrogens with zero attached hydrogens (tertiary/aromatic N) is 4. The van der Waals surface area contributed by atoms with Gasteiger partial charge in [-0.3, -0.25) is 9.55 Å². The molecule has 0 saturated heterocycles. The molecule has 68 heavy (non-hydrogen) atoms. The molecular formula is C62H56N4OPt. The van der Waals surface area contributed by atoms with E-state index in [1.54, 1.807) is 0 Å². The Morgan fingerprint density at radius 1 is 0.456 bits per heavy atom. The van der Waals surface area contributed by atoms with E-state index >= 15 is 0 Å². The van der Waals surface area contributed by atoms with Crippen molar-refractivity contribution >= 4 is 22.1 Å². The first-order valence-electron chi connectivity index (χ1n) is 23.2. The Hall–Kier alpha value is -6.81. The van der Waals surface area contributed by atoms with Crippen LogP contribution in [-0.4, -0.2) is 19.1 Å². The number of benzene rings is 8. The van der Waals surface area contributed by atoms with Crippen molar-refractivity contribution in [3.05, 3.63) is 205 Å². The minimum Gasteiger partial charge on any atom is -0.452 e. The van der Waals surface area contributed by atoms with Crippen LogP contribution in [0.2, 0.25) is 0 Å². The van der Waals surface area contributed by atoms with E-state index in [-0.39, 0.29) is 37.3 Å². The van der Waals surface area contributed by atoms with Gasteiger partial charge in [0.15, 0.2) is 0 Å². The molecule has 0 aliphatic heterocycles. The van der Waals surface area contributed by atoms with Gasteiger partial charge in [0.05, 0.1) is 33.6 Å². The van der Waals surface area contributed by atoms with Gasteiger partial charge in [0, 0.05) is 22.6 Å². The third-order valence-corrected chi connectivity index (χ3v) is 12.7. The zero-order valence-corrected chi connectivity index (χ0v) is 42.5. The molecular weight excluding hydrogens is 1010 g/mol. The second-order valence-electron chi connectivity index (χ2n) is 20.6. The molecule has 6 heteroatoms. The number of hydrogen-bond acceptors (Lipinski definition) is 3. The summed E-state index contributed by atoms with van der Waals surface area (Å²) >= 11 is 0. The van der Waals surface area contributed by atoms with Crippen LogP contribution in [0.4, 0.5) is 0 Å². The zero-order chi connectivity index (χ0) is 46.7. The molecule has 2 heterocycles. The van der Waals surface area contributed by atoms with Gasteiger partial charge in [0.25, 0.3) is 0 Å². The maximum absolute atomic E-state index is 6.75. The molecule has 10 rings (SSSR count). The van der Waals surface area contributed by atoms with Gasteiger partial charge in [-0.15, -0.1) is 41.5 Å². The molecule has 2 aromatic heterocycles. The Morgan fingerprint density at radius 2 is 1.00 bits per heavy atom. The van der Waals surface area contributed by atoms with Crippen molar-refractivity contribution in [3.8, 4) is 67.9 Å². The minimum atomic E-state index is -0.205. The molecule has 8 aromatic carbocycles. The van der Waals surface area contributed by atoms with Gasteiger partial charge >= 0.3 is 27.1 Å². The van der Waals surface area contributed by atoms with Crippen molar-refractivity contribution in [2.45, 2.75) is 78.6 Å². The van der Waals surface area contributed by atoms with Gasteiger partial charge < -0.3 is 9.30 Å². The largest absolute Gasteiger partial charge is 2.00 e. The van der Waals surface area contributed by atoms with E-state index in [1.165, 1.54) is 11.1 Å². The minimum absolute atomic E-state index is 0. The first-order valence-corrected chi connectivity index (χ1v) is 23.2. The fourth-order valence-corrected chi connectivity index (χ4v) is 8.95. The van der Waals surface area contributed by atoms with Crippen molar-refractivity contribution in [2.75, 3.05) is 0 Å². The van der Waals surface area contributed by atoms with Crippen molar-refractivity contribution < 1.29 is 25.8 Å². The zero-order valence-electron chi connectivity index (χ0n) is 40.3. The van der Waals surface area contributed by atoms with Gasteiger partial charge in [0.1, 0.15) is 0 Å². The van der Waals surface area contributed by atoms with Gasteiger partial charge in [-0.1, -0.05) is 171 Å². The molecule has 0 aliphatic rings. The molecule has 10 aromatic rings. The van der Waals surface area contributed by atoms with Crippen molar-refractivity contribution in [1.82, 2.24) is 19.1 Å². The number of imidazole rings is 2. The predicted octanol–water partition coefficient (Wildman–Crippen LogP) is 16.3. The molecule has 0 bridgehead atoms. The predicted molar refractivity (Wildman–Crippen MR) is 278 cm³/mol. The van der Waals surface area contributed by atoms with Gasteiger partial charge in [-0.2, -0.15) is 18.2 Å². The quantitative estimate of drug-likeness (QED) is 0.142. The van der Waals surface area contributed by atoms with E-state index < -0.39 is 0 Å². The first-order chi connectivity index (χ1) is 32.1. The molecule has 0 amide bonds. The maximum Gasteiger partial charge on any atom is 2.00 e. The van der Waals surface area contributed by atoms with Crippen LogP contribution >= 0.6 is 0 Å². The van der Waals surface area contributed by atoms with Crippen LogP contribution < -0.4 is 4.74 Å². The third-order valence-electron chi connectivity index (χ3n) is 12.7. The third kappa shape index (κ3) is 8.88. The van der Waals surface area contributed by atoms with E-state index in [2.05, 4.69) is 235 Å². The smallest absolute Gasteiger partial charge is 0.452 e. The van der Waals surface area contributed by atoms with Crippen LogP contribution in [-0.2, 0) is 37.3 Å². The van der Waals surface area contributed by atoms with Crippen LogP contribution in [0.5, 0.6) is 11.8 Å². The summed E-state index contributed by atoms with van der Waals surface area (Å²) in [6, 6.07) is 69.7. The van der Waals surface area contributed by atoms with E-state index in [1.807, 2.05) is 24.3 Å². The summed E-state index contributed by atoms with van der Waals surface area (Å²) in [4.78, 5) is 10.9. The molecule has 0 fully saturated rings. The molecule has 0 aliphatic carbocycles. The monoisotopic (exact) mass is 1070 g/mol. The maximum atomic E-state index is 6.75. The van der Waals surface area contributed by atoms with Crippen LogP contribution in [0, 0.1) is 12.1 Å². The average Bonchev–Trinajstić information content (AvgIpc) is 3.89. The SMILES string of the molecule is CC(C)(C)c1cc(-c2cccc3c2nc(Oc2[c-]cccc2)n3-c2ccc(C(C)(C)C)cc2-c2ccccc2)[c-]c(-c2nc3ccccc3n2-c2ccc(C(C)(C)C)cc2-c2ccccc2)c1.[Pt+2]. The molecule has 0 saturated carbocycles. The number of rotatable bonds is 8. The normalized spacial score (nSPS) is 12.1. The van der Waals surface area contributed by atoms with E-state index in [0.29, 0.717) is 11.8 Å². The number of para-hydroxylation sites is 4. The molecule has 5 nitrogen and oxygen atoms in total. The fourth-order valence-electron chi connectivity index (χ4n) is 8.95. The Morgan fingerprint density at radius 3 is 1.59 bits per heavy atom.